The summed E-state index contributed by atoms with van der Waals surface area (Å²) in [5.74, 6) is 1.00. The lowest BCUT2D eigenvalue weighted by atomic mass is 9.88. The zero-order valence-corrected chi connectivity index (χ0v) is 19.4. The zero-order chi connectivity index (χ0) is 23.0. The molecule has 0 bridgehead atoms. The van der Waals surface area contributed by atoms with E-state index in [0.717, 1.165) is 0 Å². The maximum absolute atomic E-state index is 12.9. The number of hydrogen-bond donors (Lipinski definition) is 2. The fourth-order valence-corrected chi connectivity index (χ4v) is 3.74. The van der Waals surface area contributed by atoms with Crippen LogP contribution >= 0.6 is 0 Å². The topological polar surface area (TPSA) is 87.7 Å². The van der Waals surface area contributed by atoms with Gasteiger partial charge in [0.1, 0.15) is 11.8 Å². The van der Waals surface area contributed by atoms with Crippen molar-refractivity contribution in [2.24, 2.45) is 17.8 Å². The molecule has 2 rings (SSSR count). The van der Waals surface area contributed by atoms with Crippen LogP contribution < -0.4 is 15.4 Å². The summed E-state index contributed by atoms with van der Waals surface area (Å²) >= 11 is 0. The van der Waals surface area contributed by atoms with Crippen LogP contribution in [0.3, 0.4) is 0 Å². The molecule has 1 saturated heterocycles. The summed E-state index contributed by atoms with van der Waals surface area (Å²) in [6, 6.07) is 6.19. The van der Waals surface area contributed by atoms with Crippen molar-refractivity contribution in [2.45, 2.75) is 53.0 Å². The van der Waals surface area contributed by atoms with Gasteiger partial charge in [0, 0.05) is 31.6 Å². The van der Waals surface area contributed by atoms with Crippen molar-refractivity contribution in [3.05, 3.63) is 29.8 Å². The van der Waals surface area contributed by atoms with Gasteiger partial charge in [-0.25, -0.2) is 0 Å². The molecule has 0 saturated carbocycles. The molecule has 1 aromatic rings. The Balaban J connectivity index is 2.07. The van der Waals surface area contributed by atoms with Gasteiger partial charge in [0.2, 0.25) is 11.8 Å². The molecule has 0 aromatic heterocycles. The molecule has 1 atom stereocenters. The summed E-state index contributed by atoms with van der Waals surface area (Å²) in [7, 11) is 1.57. The van der Waals surface area contributed by atoms with Crippen molar-refractivity contribution >= 4 is 17.7 Å². The van der Waals surface area contributed by atoms with Gasteiger partial charge in [0.25, 0.3) is 5.91 Å². The number of nitrogens with one attached hydrogen (secondary N) is 2. The van der Waals surface area contributed by atoms with E-state index in [1.807, 2.05) is 32.6 Å². The molecule has 1 fully saturated rings. The molecule has 172 valence electrons. The van der Waals surface area contributed by atoms with Crippen molar-refractivity contribution in [3.63, 3.8) is 0 Å². The minimum atomic E-state index is -0.629. The smallest absolute Gasteiger partial charge is 0.251 e. The number of carbonyl (C=O) groups is 3. The second-order valence-electron chi connectivity index (χ2n) is 9.13. The highest BCUT2D eigenvalue weighted by Crippen LogP contribution is 2.23. The Morgan fingerprint density at radius 2 is 1.65 bits per heavy atom. The van der Waals surface area contributed by atoms with Crippen molar-refractivity contribution in [1.82, 2.24) is 15.5 Å². The summed E-state index contributed by atoms with van der Waals surface area (Å²) in [5.41, 5.74) is 0.479. The van der Waals surface area contributed by atoms with Crippen molar-refractivity contribution < 1.29 is 19.1 Å². The number of likely N-dealkylation sites (tertiary alicyclic amines) is 1. The first-order valence-corrected chi connectivity index (χ1v) is 11.2. The minimum Gasteiger partial charge on any atom is -0.497 e. The van der Waals surface area contributed by atoms with Crippen molar-refractivity contribution in [3.8, 4) is 5.75 Å². The fourth-order valence-electron chi connectivity index (χ4n) is 3.74. The third-order valence-electron chi connectivity index (χ3n) is 5.55. The van der Waals surface area contributed by atoms with Crippen LogP contribution in [0, 0.1) is 17.8 Å². The molecule has 0 aliphatic carbocycles. The second-order valence-corrected chi connectivity index (χ2v) is 9.13. The first kappa shape index (κ1) is 24.7. The first-order valence-electron chi connectivity index (χ1n) is 11.2. The number of methoxy groups -OCH3 is 1. The van der Waals surface area contributed by atoms with Crippen LogP contribution in [-0.4, -0.2) is 55.4 Å². The van der Waals surface area contributed by atoms with Crippen LogP contribution in [0.2, 0.25) is 0 Å². The van der Waals surface area contributed by atoms with Gasteiger partial charge in [0.05, 0.1) is 7.11 Å². The zero-order valence-electron chi connectivity index (χ0n) is 19.4. The van der Waals surface area contributed by atoms with Gasteiger partial charge >= 0.3 is 0 Å². The lowest BCUT2D eigenvalue weighted by molar-refractivity contribution is -0.133. The maximum Gasteiger partial charge on any atom is 0.251 e. The monoisotopic (exact) mass is 431 g/mol. The van der Waals surface area contributed by atoms with Crippen LogP contribution in [0.4, 0.5) is 0 Å². The van der Waals surface area contributed by atoms with Gasteiger partial charge < -0.3 is 20.3 Å². The predicted octanol–water partition coefficient (Wildman–Crippen LogP) is 2.85. The molecular weight excluding hydrogens is 394 g/mol. The SMILES string of the molecule is COc1ccc(C(=O)N[C@@H](C(=O)NCC(C)C)C2CCN(C(=O)CC(C)C)CC2)cc1. The van der Waals surface area contributed by atoms with E-state index in [1.165, 1.54) is 0 Å². The van der Waals surface area contributed by atoms with Crippen LogP contribution in [0.25, 0.3) is 0 Å². The summed E-state index contributed by atoms with van der Waals surface area (Å²) in [6.45, 7) is 9.92. The van der Waals surface area contributed by atoms with E-state index in [-0.39, 0.29) is 23.6 Å². The van der Waals surface area contributed by atoms with Gasteiger partial charge in [-0.15, -0.1) is 0 Å². The minimum absolute atomic E-state index is 0.0162. The van der Waals surface area contributed by atoms with Crippen LogP contribution in [-0.2, 0) is 9.59 Å². The average Bonchev–Trinajstić information content (AvgIpc) is 2.75. The van der Waals surface area contributed by atoms with Crippen LogP contribution in [0.15, 0.2) is 24.3 Å². The van der Waals surface area contributed by atoms with Crippen LogP contribution in [0.5, 0.6) is 5.75 Å². The van der Waals surface area contributed by atoms with Crippen molar-refractivity contribution in [2.75, 3.05) is 26.7 Å². The molecule has 1 heterocycles. The summed E-state index contributed by atoms with van der Waals surface area (Å²) in [5, 5.41) is 5.91. The third-order valence-corrected chi connectivity index (χ3v) is 5.55. The number of benzene rings is 1. The number of ether oxygens (including phenoxy) is 1. The Morgan fingerprint density at radius 3 is 2.16 bits per heavy atom. The molecule has 1 aromatic carbocycles. The molecule has 0 unspecified atom stereocenters. The van der Waals surface area contributed by atoms with Gasteiger partial charge in [0.15, 0.2) is 0 Å². The summed E-state index contributed by atoms with van der Waals surface area (Å²) in [4.78, 5) is 40.0. The highest BCUT2D eigenvalue weighted by Gasteiger charge is 2.34. The number of hydrogen-bond acceptors (Lipinski definition) is 4. The number of amides is 3. The van der Waals surface area contributed by atoms with E-state index in [0.29, 0.717) is 62.0 Å². The Kier molecular flexibility index (Phi) is 9.34. The van der Waals surface area contributed by atoms with E-state index in [9.17, 15) is 14.4 Å². The molecule has 1 aliphatic rings. The molecule has 0 spiro atoms. The molecular formula is C24H37N3O4. The second kappa shape index (κ2) is 11.7. The Morgan fingerprint density at radius 1 is 1.03 bits per heavy atom. The van der Waals surface area contributed by atoms with Gasteiger partial charge in [-0.05, 0) is 54.9 Å². The lowest BCUT2D eigenvalue weighted by Gasteiger charge is -2.36. The summed E-state index contributed by atoms with van der Waals surface area (Å²) in [6.07, 6.45) is 1.91. The van der Waals surface area contributed by atoms with E-state index in [4.69, 9.17) is 4.74 Å². The molecule has 31 heavy (non-hydrogen) atoms. The molecule has 2 N–H and O–H groups in total. The number of nitrogens with zero attached hydrogens (tertiary/aromatic N) is 1. The largest absolute Gasteiger partial charge is 0.497 e. The van der Waals surface area contributed by atoms with E-state index in [2.05, 4.69) is 10.6 Å². The van der Waals surface area contributed by atoms with Gasteiger partial charge in [-0.3, -0.25) is 14.4 Å². The van der Waals surface area contributed by atoms with E-state index < -0.39 is 6.04 Å². The predicted molar refractivity (Wildman–Crippen MR) is 121 cm³/mol. The molecule has 7 nitrogen and oxygen atoms in total. The van der Waals surface area contributed by atoms with Gasteiger partial charge in [-0.2, -0.15) is 0 Å². The highest BCUT2D eigenvalue weighted by atomic mass is 16.5. The highest BCUT2D eigenvalue weighted by molar-refractivity contribution is 5.97. The number of piperidine rings is 1. The molecule has 0 radical (unpaired) electrons. The molecule has 7 heteroatoms. The average molecular weight is 432 g/mol. The fraction of sp³-hybridized carbons (Fsp3) is 0.625. The molecule has 3 amide bonds. The number of rotatable bonds is 9. The van der Waals surface area contributed by atoms with Crippen molar-refractivity contribution in [1.29, 1.82) is 0 Å². The quantitative estimate of drug-likeness (QED) is 0.629. The first-order chi connectivity index (χ1) is 14.7. The number of carbonyl (C=O) groups excluding carboxylic acids is 3. The van der Waals surface area contributed by atoms with E-state index in [1.54, 1.807) is 31.4 Å². The third kappa shape index (κ3) is 7.56. The van der Waals surface area contributed by atoms with E-state index >= 15 is 0 Å². The maximum atomic E-state index is 12.9. The molecule has 1 aliphatic heterocycles. The Bertz CT molecular complexity index is 738. The van der Waals surface area contributed by atoms with Gasteiger partial charge in [-0.1, -0.05) is 27.7 Å². The summed E-state index contributed by atoms with van der Waals surface area (Å²) < 4.78 is 5.14. The standard InChI is InChI=1S/C24H37N3O4/c1-16(2)14-21(28)27-12-10-18(11-13-27)22(24(30)25-15-17(3)4)26-23(29)19-6-8-20(31-5)9-7-19/h6-9,16-18,22H,10-15H2,1-5H3,(H,25,30)(H,26,29)/t22-/m1/s1. The lowest BCUT2D eigenvalue weighted by Crippen LogP contribution is -2.54. The Hall–Kier alpha value is -2.57. The Labute approximate surface area is 185 Å². The normalized spacial score (nSPS) is 15.6. The van der Waals surface area contributed by atoms with Crippen LogP contribution in [0.1, 0.15) is 57.3 Å².